The fraction of sp³-hybridized carbons (Fsp3) is 0.333. The number of carbonyl (C=O) groups is 2. The number of hydrogen-bond donors (Lipinski definition) is 0. The van der Waals surface area contributed by atoms with Crippen LogP contribution in [0.5, 0.6) is 0 Å². The lowest BCUT2D eigenvalue weighted by Gasteiger charge is -2.47. The maximum atomic E-state index is 14.9. The highest BCUT2D eigenvalue weighted by Crippen LogP contribution is 2.33. The van der Waals surface area contributed by atoms with Gasteiger partial charge in [-0.15, -0.1) is 11.8 Å². The number of morpholine rings is 1. The van der Waals surface area contributed by atoms with Crippen LogP contribution in [0.2, 0.25) is 5.02 Å². The summed E-state index contributed by atoms with van der Waals surface area (Å²) < 4.78 is 35.2. The number of amides is 2. The molecule has 5 rings (SSSR count). The summed E-state index contributed by atoms with van der Waals surface area (Å²) in [5.74, 6) is -2.25. The van der Waals surface area contributed by atoms with Crippen LogP contribution in [0.25, 0.3) is 0 Å². The maximum Gasteiger partial charge on any atom is 0.254 e. The summed E-state index contributed by atoms with van der Waals surface area (Å²) in [4.78, 5) is 31.0. The van der Waals surface area contributed by atoms with Gasteiger partial charge in [0.1, 0.15) is 0 Å². The van der Waals surface area contributed by atoms with E-state index in [-0.39, 0.29) is 28.7 Å². The van der Waals surface area contributed by atoms with Gasteiger partial charge in [-0.25, -0.2) is 8.78 Å². The van der Waals surface area contributed by atoms with Crippen LogP contribution in [0.15, 0.2) is 65.6 Å². The molecule has 2 aliphatic rings. The molecular weight excluding hydrogens is 542 g/mol. The quantitative estimate of drug-likeness (QED) is 0.335. The lowest BCUT2D eigenvalue weighted by Crippen LogP contribution is -2.58. The van der Waals surface area contributed by atoms with Gasteiger partial charge in [0.25, 0.3) is 11.8 Å². The average Bonchev–Trinajstić information content (AvgIpc) is 2.95. The van der Waals surface area contributed by atoms with Crippen molar-refractivity contribution in [2.45, 2.75) is 36.0 Å². The van der Waals surface area contributed by atoms with Crippen LogP contribution >= 0.6 is 23.4 Å². The number of thioether (sulfide) groups is 1. The molecule has 0 radical (unpaired) electrons. The first kappa shape index (κ1) is 27.6. The smallest absolute Gasteiger partial charge is 0.254 e. The van der Waals surface area contributed by atoms with Gasteiger partial charge in [-0.2, -0.15) is 0 Å². The van der Waals surface area contributed by atoms with Crippen molar-refractivity contribution >= 4 is 35.2 Å². The van der Waals surface area contributed by atoms with Crippen molar-refractivity contribution in [1.82, 2.24) is 9.80 Å². The third-order valence-electron chi connectivity index (χ3n) is 7.47. The molecule has 9 heteroatoms. The minimum Gasteiger partial charge on any atom is -0.371 e. The van der Waals surface area contributed by atoms with Gasteiger partial charge in [0.15, 0.2) is 11.6 Å². The molecule has 204 valence electrons. The third kappa shape index (κ3) is 5.98. The Bertz CT molecular complexity index is 1380. The Hall–Kier alpha value is -2.94. The first-order valence-electron chi connectivity index (χ1n) is 12.9. The van der Waals surface area contributed by atoms with Crippen molar-refractivity contribution in [3.63, 3.8) is 0 Å². The maximum absolute atomic E-state index is 14.9. The average molecular weight is 571 g/mol. The Kier molecular flexibility index (Phi) is 8.26. The Morgan fingerprint density at radius 3 is 2.44 bits per heavy atom. The number of halogens is 3. The van der Waals surface area contributed by atoms with E-state index < -0.39 is 17.2 Å². The topological polar surface area (TPSA) is 49.9 Å². The molecule has 3 aromatic rings. The predicted octanol–water partition coefficient (Wildman–Crippen LogP) is 6.37. The zero-order valence-electron chi connectivity index (χ0n) is 21.6. The molecule has 0 aliphatic carbocycles. The van der Waals surface area contributed by atoms with E-state index in [1.54, 1.807) is 21.9 Å². The van der Waals surface area contributed by atoms with Crippen molar-refractivity contribution in [3.8, 4) is 0 Å². The number of rotatable bonds is 5. The zero-order chi connectivity index (χ0) is 27.6. The number of carbonyl (C=O) groups excluding carboxylic acids is 2. The fourth-order valence-electron chi connectivity index (χ4n) is 5.12. The monoisotopic (exact) mass is 570 g/mol. The highest BCUT2D eigenvalue weighted by atomic mass is 35.5. The van der Waals surface area contributed by atoms with Gasteiger partial charge in [0.05, 0.1) is 18.8 Å². The summed E-state index contributed by atoms with van der Waals surface area (Å²) >= 11 is 7.59. The first-order valence-corrected chi connectivity index (χ1v) is 14.3. The van der Waals surface area contributed by atoms with Crippen molar-refractivity contribution < 1.29 is 23.1 Å². The Balaban J connectivity index is 1.26. The van der Waals surface area contributed by atoms with Crippen LogP contribution in [-0.4, -0.2) is 60.0 Å². The molecule has 3 aromatic carbocycles. The molecule has 5 nitrogen and oxygen atoms in total. The van der Waals surface area contributed by atoms with Crippen molar-refractivity contribution in [1.29, 1.82) is 0 Å². The predicted molar refractivity (Wildman–Crippen MR) is 148 cm³/mol. The molecule has 0 saturated carbocycles. The number of nitrogens with zero attached hydrogens (tertiary/aromatic N) is 2. The molecule has 39 heavy (non-hydrogen) atoms. The van der Waals surface area contributed by atoms with Crippen LogP contribution in [0.1, 0.15) is 44.7 Å². The van der Waals surface area contributed by atoms with E-state index in [0.717, 1.165) is 16.5 Å². The molecular formula is C30H29ClF2N2O3S. The molecule has 2 amide bonds. The minimum atomic E-state index is -0.987. The molecule has 2 fully saturated rings. The van der Waals surface area contributed by atoms with Crippen LogP contribution in [-0.2, 0) is 10.5 Å². The van der Waals surface area contributed by atoms with Crippen molar-refractivity contribution in [2.24, 2.45) is 0 Å². The highest BCUT2D eigenvalue weighted by Gasteiger charge is 2.42. The lowest BCUT2D eigenvalue weighted by molar-refractivity contribution is -0.123. The van der Waals surface area contributed by atoms with Crippen molar-refractivity contribution in [3.05, 3.63) is 99.6 Å². The molecule has 0 unspecified atom stereocenters. The van der Waals surface area contributed by atoms with Crippen LogP contribution < -0.4 is 0 Å². The van der Waals surface area contributed by atoms with E-state index in [4.69, 9.17) is 16.3 Å². The van der Waals surface area contributed by atoms with Gasteiger partial charge in [0, 0.05) is 52.0 Å². The van der Waals surface area contributed by atoms with Gasteiger partial charge < -0.3 is 14.5 Å². The largest absolute Gasteiger partial charge is 0.371 e. The van der Waals surface area contributed by atoms with E-state index in [1.165, 1.54) is 17.8 Å². The summed E-state index contributed by atoms with van der Waals surface area (Å²) in [6.45, 7) is 3.97. The first-order chi connectivity index (χ1) is 18.8. The summed E-state index contributed by atoms with van der Waals surface area (Å²) in [6, 6.07) is 17.1. The van der Waals surface area contributed by atoms with E-state index in [2.05, 4.69) is 0 Å². The van der Waals surface area contributed by atoms with Crippen LogP contribution in [0.3, 0.4) is 0 Å². The molecule has 0 aromatic heterocycles. The Morgan fingerprint density at radius 2 is 1.72 bits per heavy atom. The lowest BCUT2D eigenvalue weighted by atomic mass is 9.88. The molecule has 0 N–H and O–H groups in total. The second kappa shape index (κ2) is 11.7. The standard InChI is InChI=1S/C30H29ClF2N2O3S/c1-20-7-8-21(17-25(20)31)28(36)35-15-16-38-30(19-35)11-13-34(14-12-30)29(37)23-9-10-26(32)27(33)24(23)18-39-22-5-3-2-4-6-22/h2-10,17H,11-16,18-19H2,1H3. The number of likely N-dealkylation sites (tertiary alicyclic amines) is 1. The molecule has 1 spiro atoms. The summed E-state index contributed by atoms with van der Waals surface area (Å²) in [7, 11) is 0. The number of benzene rings is 3. The summed E-state index contributed by atoms with van der Waals surface area (Å²) in [5.41, 5.74) is 1.13. The van der Waals surface area contributed by atoms with E-state index in [0.29, 0.717) is 56.2 Å². The Morgan fingerprint density at radius 1 is 0.974 bits per heavy atom. The highest BCUT2D eigenvalue weighted by molar-refractivity contribution is 7.98. The van der Waals surface area contributed by atoms with E-state index >= 15 is 0 Å². The minimum absolute atomic E-state index is 0.0663. The van der Waals surface area contributed by atoms with Gasteiger partial charge in [-0.3, -0.25) is 9.59 Å². The van der Waals surface area contributed by atoms with E-state index in [1.807, 2.05) is 43.3 Å². The summed E-state index contributed by atoms with van der Waals surface area (Å²) in [5, 5.41) is 0.550. The molecule has 0 bridgehead atoms. The Labute approximate surface area is 236 Å². The molecule has 2 saturated heterocycles. The van der Waals surface area contributed by atoms with Gasteiger partial charge >= 0.3 is 0 Å². The molecule has 2 heterocycles. The number of piperidine rings is 1. The van der Waals surface area contributed by atoms with Crippen LogP contribution in [0.4, 0.5) is 8.78 Å². The van der Waals surface area contributed by atoms with Gasteiger partial charge in [-0.05, 0) is 61.7 Å². The second-order valence-corrected chi connectivity index (χ2v) is 11.5. The molecule has 2 aliphatic heterocycles. The number of aryl methyl sites for hydroxylation is 1. The van der Waals surface area contributed by atoms with Crippen molar-refractivity contribution in [2.75, 3.05) is 32.8 Å². The number of ether oxygens (including phenoxy) is 1. The van der Waals surface area contributed by atoms with E-state index in [9.17, 15) is 18.4 Å². The normalized spacial score (nSPS) is 16.9. The SMILES string of the molecule is Cc1ccc(C(=O)N2CCOC3(CCN(C(=O)c4ccc(F)c(F)c4CSc4ccccc4)CC3)C2)cc1Cl. The zero-order valence-corrected chi connectivity index (χ0v) is 23.2. The summed E-state index contributed by atoms with van der Waals surface area (Å²) in [6.07, 6.45) is 1.07. The van der Waals surface area contributed by atoms with Gasteiger partial charge in [0.2, 0.25) is 0 Å². The van der Waals surface area contributed by atoms with Gasteiger partial charge in [-0.1, -0.05) is 35.9 Å². The fourth-order valence-corrected chi connectivity index (χ4v) is 6.25. The second-order valence-electron chi connectivity index (χ2n) is 10.0. The number of hydrogen-bond acceptors (Lipinski definition) is 4. The third-order valence-corrected chi connectivity index (χ3v) is 8.91. The molecule has 0 atom stereocenters. The van der Waals surface area contributed by atoms with Crippen LogP contribution in [0, 0.1) is 18.6 Å².